The van der Waals surface area contributed by atoms with Crippen molar-refractivity contribution < 1.29 is 63.1 Å². The lowest BCUT2D eigenvalue weighted by molar-refractivity contribution is -0.220. The van der Waals surface area contributed by atoms with Crippen molar-refractivity contribution in [2.75, 3.05) is 13.2 Å². The number of esters is 2. The number of carbonyl (C=O) groups is 2. The number of aliphatic hydroxyl groups is 5. The van der Waals surface area contributed by atoms with Crippen molar-refractivity contribution in [1.82, 2.24) is 0 Å². The van der Waals surface area contributed by atoms with E-state index in [1.165, 1.54) is 51.4 Å². The minimum absolute atomic E-state index is 0.0891. The van der Waals surface area contributed by atoms with Crippen LogP contribution in [0.3, 0.4) is 0 Å². The van der Waals surface area contributed by atoms with Crippen LogP contribution in [0.15, 0.2) is 12.2 Å². The molecule has 8 atom stereocenters. The highest BCUT2D eigenvalue weighted by atomic mass is 31.2. The number of ether oxygens (including phenoxy) is 2. The van der Waals surface area contributed by atoms with Gasteiger partial charge in [-0.15, -0.1) is 0 Å². The second kappa shape index (κ2) is 28.1. The van der Waals surface area contributed by atoms with Crippen LogP contribution in [0, 0.1) is 0 Å². The van der Waals surface area contributed by atoms with E-state index >= 15 is 0 Å². The van der Waals surface area contributed by atoms with Crippen LogP contribution < -0.4 is 0 Å². The predicted molar refractivity (Wildman–Crippen MR) is 189 cm³/mol. The molecule has 0 saturated heterocycles. The quantitative estimate of drug-likeness (QED) is 0.0231. The van der Waals surface area contributed by atoms with Gasteiger partial charge in [0.25, 0.3) is 0 Å². The molecule has 0 aliphatic heterocycles. The Morgan fingerprint density at radius 1 is 0.600 bits per heavy atom. The molecule has 0 heterocycles. The highest BCUT2D eigenvalue weighted by Gasteiger charge is 2.51. The van der Waals surface area contributed by atoms with Crippen molar-refractivity contribution in [3.8, 4) is 0 Å². The third-order valence-corrected chi connectivity index (χ3v) is 9.84. The lowest BCUT2D eigenvalue weighted by atomic mass is 9.85. The zero-order chi connectivity index (χ0) is 37.2. The van der Waals surface area contributed by atoms with Crippen LogP contribution in [0.2, 0.25) is 0 Å². The number of hydrogen-bond acceptors (Lipinski definition) is 12. The number of hydrogen-bond donors (Lipinski definition) is 6. The van der Waals surface area contributed by atoms with Crippen LogP contribution in [0.25, 0.3) is 0 Å². The highest BCUT2D eigenvalue weighted by Crippen LogP contribution is 2.47. The van der Waals surface area contributed by atoms with E-state index in [-0.39, 0.29) is 12.8 Å². The molecule has 14 heteroatoms. The van der Waals surface area contributed by atoms with Gasteiger partial charge in [0, 0.05) is 12.8 Å². The number of carbonyl (C=O) groups excluding carboxylic acids is 2. The maximum atomic E-state index is 12.7. The largest absolute Gasteiger partial charge is 0.472 e. The van der Waals surface area contributed by atoms with Crippen molar-refractivity contribution in [3.05, 3.63) is 12.2 Å². The molecule has 6 unspecified atom stereocenters. The fourth-order valence-corrected chi connectivity index (χ4v) is 6.65. The Morgan fingerprint density at radius 3 is 1.58 bits per heavy atom. The van der Waals surface area contributed by atoms with Crippen LogP contribution in [0.1, 0.15) is 149 Å². The van der Waals surface area contributed by atoms with Gasteiger partial charge in [0.2, 0.25) is 0 Å². The summed E-state index contributed by atoms with van der Waals surface area (Å²) in [5.74, 6) is -1.11. The molecular weight excluding hydrogens is 671 g/mol. The minimum atomic E-state index is -5.10. The van der Waals surface area contributed by atoms with Gasteiger partial charge in [-0.05, 0) is 32.1 Å². The number of allylic oxidation sites excluding steroid dienone is 2. The maximum Gasteiger partial charge on any atom is 0.472 e. The lowest BCUT2D eigenvalue weighted by Gasteiger charge is -2.41. The van der Waals surface area contributed by atoms with E-state index < -0.39 is 75.7 Å². The van der Waals surface area contributed by atoms with Crippen molar-refractivity contribution in [2.45, 2.75) is 191 Å². The summed E-state index contributed by atoms with van der Waals surface area (Å²) in [4.78, 5) is 35.3. The summed E-state index contributed by atoms with van der Waals surface area (Å²) >= 11 is 0. The van der Waals surface area contributed by atoms with Crippen LogP contribution in [-0.2, 0) is 32.7 Å². The van der Waals surface area contributed by atoms with Gasteiger partial charge in [-0.25, -0.2) is 4.57 Å². The topological polar surface area (TPSA) is 210 Å². The summed E-state index contributed by atoms with van der Waals surface area (Å²) < 4.78 is 33.2. The molecule has 0 aromatic carbocycles. The van der Waals surface area contributed by atoms with Crippen LogP contribution >= 0.6 is 7.82 Å². The van der Waals surface area contributed by atoms with E-state index in [0.717, 1.165) is 57.8 Å². The molecule has 0 aromatic rings. The number of phosphoric acid groups is 1. The van der Waals surface area contributed by atoms with Crippen molar-refractivity contribution in [3.63, 3.8) is 0 Å². The predicted octanol–water partition coefficient (Wildman–Crippen LogP) is 5.55. The monoisotopic (exact) mass is 738 g/mol. The van der Waals surface area contributed by atoms with Crippen molar-refractivity contribution in [1.29, 1.82) is 0 Å². The molecule has 0 aromatic heterocycles. The van der Waals surface area contributed by atoms with Gasteiger partial charge in [-0.1, -0.05) is 116 Å². The van der Waals surface area contributed by atoms with Crippen molar-refractivity contribution >= 4 is 19.8 Å². The molecule has 0 radical (unpaired) electrons. The first-order valence-electron chi connectivity index (χ1n) is 19.0. The summed E-state index contributed by atoms with van der Waals surface area (Å²) in [7, 11) is -5.10. The standard InChI is InChI=1S/C36H67O13P/c1-3-5-7-9-11-13-15-17-19-21-23-25-30(38)48-28(26-46-29(37)24-22-20-18-16-14-12-10-8-6-4-2)27-47-50(44,45)49-36-34(42)32(40)31(39)33(41)35(36)43/h9,11,28,31-36,39-43H,3-8,10,12-27H2,1-2H3,(H,44,45)/b11-9+/t28-,31?,32-,33?,34?,35?,36?/m1/s1. The smallest absolute Gasteiger partial charge is 0.462 e. The second-order valence-corrected chi connectivity index (χ2v) is 14.8. The molecule has 50 heavy (non-hydrogen) atoms. The first kappa shape index (κ1) is 46.6. The van der Waals surface area contributed by atoms with Gasteiger partial charge >= 0.3 is 19.8 Å². The fraction of sp³-hybridized carbons (Fsp3) is 0.889. The molecule has 0 spiro atoms. The number of rotatable bonds is 30. The third-order valence-electron chi connectivity index (χ3n) is 8.86. The Morgan fingerprint density at radius 2 is 1.04 bits per heavy atom. The molecule has 1 fully saturated rings. The molecule has 294 valence electrons. The molecule has 6 N–H and O–H groups in total. The van der Waals surface area contributed by atoms with E-state index in [4.69, 9.17) is 18.5 Å². The van der Waals surface area contributed by atoms with Crippen LogP contribution in [0.5, 0.6) is 0 Å². The average molecular weight is 739 g/mol. The zero-order valence-electron chi connectivity index (χ0n) is 30.4. The van der Waals surface area contributed by atoms with E-state index in [0.29, 0.717) is 12.8 Å². The Labute approximate surface area is 299 Å². The number of unbranched alkanes of at least 4 members (excludes halogenated alkanes) is 16. The van der Waals surface area contributed by atoms with E-state index in [1.807, 2.05) is 0 Å². The molecular formula is C36H67O13P. The van der Waals surface area contributed by atoms with E-state index in [1.54, 1.807) is 0 Å². The van der Waals surface area contributed by atoms with E-state index in [9.17, 15) is 44.6 Å². The normalized spacial score (nSPS) is 24.2. The molecule has 1 aliphatic carbocycles. The first-order valence-corrected chi connectivity index (χ1v) is 20.5. The Bertz CT molecular complexity index is 948. The van der Waals surface area contributed by atoms with Gasteiger partial charge in [0.1, 0.15) is 43.2 Å². The summed E-state index contributed by atoms with van der Waals surface area (Å²) in [5.41, 5.74) is 0. The summed E-state index contributed by atoms with van der Waals surface area (Å²) in [6.07, 6.45) is 11.6. The Hall–Kier alpha value is -1.41. The first-order chi connectivity index (χ1) is 23.9. The summed E-state index contributed by atoms with van der Waals surface area (Å²) in [6, 6.07) is 0. The number of phosphoric ester groups is 1. The highest BCUT2D eigenvalue weighted by molar-refractivity contribution is 7.47. The van der Waals surface area contributed by atoms with Gasteiger partial charge in [-0.2, -0.15) is 0 Å². The SMILES string of the molecule is CCCC/C=C/CCCCCCCC(=O)O[C@H](COC(=O)CCCCCCCCCCCC)COP(=O)(O)OC1C(O)C(O)C(O)[C@@H](O)C1O. The molecule has 13 nitrogen and oxygen atoms in total. The fourth-order valence-electron chi connectivity index (χ4n) is 5.68. The lowest BCUT2D eigenvalue weighted by Crippen LogP contribution is -2.64. The van der Waals surface area contributed by atoms with Crippen molar-refractivity contribution in [2.24, 2.45) is 0 Å². The van der Waals surface area contributed by atoms with Gasteiger partial charge in [-0.3, -0.25) is 18.6 Å². The number of aliphatic hydroxyl groups excluding tert-OH is 5. The van der Waals surface area contributed by atoms with Gasteiger partial charge in [0.05, 0.1) is 6.61 Å². The molecule has 1 saturated carbocycles. The van der Waals surface area contributed by atoms with Gasteiger partial charge < -0.3 is 39.9 Å². The Kier molecular flexibility index (Phi) is 26.2. The maximum absolute atomic E-state index is 12.7. The van der Waals surface area contributed by atoms with Crippen LogP contribution in [0.4, 0.5) is 0 Å². The molecule has 0 amide bonds. The summed E-state index contributed by atoms with van der Waals surface area (Å²) in [6.45, 7) is 3.19. The minimum Gasteiger partial charge on any atom is -0.462 e. The summed E-state index contributed by atoms with van der Waals surface area (Å²) in [5, 5.41) is 49.8. The molecule has 0 bridgehead atoms. The Balaban J connectivity index is 2.57. The average Bonchev–Trinajstić information content (AvgIpc) is 3.09. The van der Waals surface area contributed by atoms with Crippen LogP contribution in [-0.4, -0.2) is 98.3 Å². The molecule has 1 aliphatic rings. The second-order valence-electron chi connectivity index (χ2n) is 13.4. The molecule has 1 rings (SSSR count). The zero-order valence-corrected chi connectivity index (χ0v) is 31.3. The third kappa shape index (κ3) is 21.2. The van der Waals surface area contributed by atoms with Gasteiger partial charge in [0.15, 0.2) is 6.10 Å². The van der Waals surface area contributed by atoms with E-state index in [2.05, 4.69) is 26.0 Å².